The molecule has 1 heterocycles. The largest absolute Gasteiger partial charge is 0.329 e. The third-order valence-corrected chi connectivity index (χ3v) is 4.13. The fourth-order valence-electron chi connectivity index (χ4n) is 1.92. The summed E-state index contributed by atoms with van der Waals surface area (Å²) in [6.07, 6.45) is 1.40. The summed E-state index contributed by atoms with van der Waals surface area (Å²) in [7, 11) is -3.51. The van der Waals surface area contributed by atoms with Crippen LogP contribution in [0.1, 0.15) is 13.8 Å². The van der Waals surface area contributed by atoms with Crippen molar-refractivity contribution in [2.45, 2.75) is 18.7 Å². The number of hydrogen-bond donors (Lipinski definition) is 1. The molecule has 0 saturated carbocycles. The first-order valence-corrected chi connectivity index (χ1v) is 7.81. The molecule has 1 aromatic carbocycles. The van der Waals surface area contributed by atoms with Gasteiger partial charge in [-0.05, 0) is 24.6 Å². The maximum absolute atomic E-state index is 11.8. The van der Waals surface area contributed by atoms with Crippen LogP contribution in [0.2, 0.25) is 0 Å². The van der Waals surface area contributed by atoms with Crippen LogP contribution < -0.4 is 10.2 Å². The van der Waals surface area contributed by atoms with Crippen LogP contribution in [0.25, 0.3) is 0 Å². The first-order chi connectivity index (χ1) is 9.00. The van der Waals surface area contributed by atoms with Gasteiger partial charge >= 0.3 is 0 Å². The molecule has 1 aliphatic rings. The second-order valence-corrected chi connectivity index (χ2v) is 6.56. The average molecular weight is 281 g/mol. The monoisotopic (exact) mass is 281 g/mol. The lowest BCUT2D eigenvalue weighted by molar-refractivity contribution is 0.557. The average Bonchev–Trinajstić information content (AvgIpc) is 2.37. The van der Waals surface area contributed by atoms with Gasteiger partial charge in [0.25, 0.3) is 10.0 Å². The van der Waals surface area contributed by atoms with E-state index in [2.05, 4.69) is 23.6 Å². The lowest BCUT2D eigenvalue weighted by Crippen LogP contribution is -2.35. The molecule has 104 valence electrons. The van der Waals surface area contributed by atoms with Crippen molar-refractivity contribution < 1.29 is 8.42 Å². The van der Waals surface area contributed by atoms with E-state index in [1.54, 1.807) is 18.2 Å². The Kier molecular flexibility index (Phi) is 4.21. The number of hydrogen-bond acceptors (Lipinski definition) is 4. The maximum Gasteiger partial charge on any atom is 0.285 e. The molecule has 0 unspecified atom stereocenters. The Balaban J connectivity index is 2.08. The molecular weight excluding hydrogens is 262 g/mol. The molecule has 0 aliphatic carbocycles. The Hall–Kier alpha value is -1.40. The highest BCUT2D eigenvalue weighted by Crippen LogP contribution is 2.28. The highest BCUT2D eigenvalue weighted by Gasteiger charge is 2.24. The minimum atomic E-state index is -3.51. The zero-order valence-electron chi connectivity index (χ0n) is 11.2. The summed E-state index contributed by atoms with van der Waals surface area (Å²) in [4.78, 5) is 2.14. The van der Waals surface area contributed by atoms with Gasteiger partial charge in [0, 0.05) is 13.1 Å². The smallest absolute Gasteiger partial charge is 0.285 e. The van der Waals surface area contributed by atoms with Crippen LogP contribution in [-0.2, 0) is 10.0 Å². The SMILES string of the molecule is CC(C)CNCCN1C=NS(=O)(=O)c2ccccc21. The molecule has 1 aromatic rings. The molecule has 0 atom stereocenters. The first kappa shape index (κ1) is 14.0. The van der Waals surface area contributed by atoms with E-state index in [9.17, 15) is 8.42 Å². The van der Waals surface area contributed by atoms with E-state index >= 15 is 0 Å². The van der Waals surface area contributed by atoms with Gasteiger partial charge in [0.2, 0.25) is 0 Å². The van der Waals surface area contributed by atoms with Gasteiger partial charge in [-0.15, -0.1) is 4.40 Å². The molecule has 2 rings (SSSR count). The number of rotatable bonds is 5. The highest BCUT2D eigenvalue weighted by molar-refractivity contribution is 7.90. The molecule has 0 bridgehead atoms. The zero-order chi connectivity index (χ0) is 13.9. The molecular formula is C13H19N3O2S. The summed E-state index contributed by atoms with van der Waals surface area (Å²) < 4.78 is 27.2. The standard InChI is InChI=1S/C13H19N3O2S/c1-11(2)9-14-7-8-16-10-15-19(17,18)13-6-4-3-5-12(13)16/h3-6,10-11,14H,7-9H2,1-2H3. The maximum atomic E-state index is 11.8. The van der Waals surface area contributed by atoms with Crippen LogP contribution in [0, 0.1) is 5.92 Å². The Bertz CT molecular complexity index is 567. The Morgan fingerprint density at radius 3 is 2.79 bits per heavy atom. The van der Waals surface area contributed by atoms with Gasteiger partial charge < -0.3 is 10.2 Å². The van der Waals surface area contributed by atoms with Gasteiger partial charge in [0.1, 0.15) is 11.2 Å². The Morgan fingerprint density at radius 1 is 1.32 bits per heavy atom. The number of fused-ring (bicyclic) bond motifs is 1. The minimum absolute atomic E-state index is 0.279. The minimum Gasteiger partial charge on any atom is -0.329 e. The molecule has 0 saturated heterocycles. The van der Waals surface area contributed by atoms with Gasteiger partial charge in [0.15, 0.2) is 0 Å². The van der Waals surface area contributed by atoms with Crippen LogP contribution in [-0.4, -0.2) is 34.4 Å². The van der Waals surface area contributed by atoms with Crippen LogP contribution in [0.15, 0.2) is 33.6 Å². The normalized spacial score (nSPS) is 16.7. The van der Waals surface area contributed by atoms with Gasteiger partial charge in [-0.25, -0.2) is 0 Å². The summed E-state index contributed by atoms with van der Waals surface area (Å²) in [6, 6.07) is 6.95. The Morgan fingerprint density at radius 2 is 2.05 bits per heavy atom. The third-order valence-electron chi connectivity index (χ3n) is 2.86. The molecule has 0 amide bonds. The molecule has 1 N–H and O–H groups in total. The number of benzene rings is 1. The van der Waals surface area contributed by atoms with Crippen LogP contribution in [0.3, 0.4) is 0 Å². The van der Waals surface area contributed by atoms with Crippen molar-refractivity contribution in [2.24, 2.45) is 10.3 Å². The molecule has 5 nitrogen and oxygen atoms in total. The lowest BCUT2D eigenvalue weighted by Gasteiger charge is -2.25. The lowest BCUT2D eigenvalue weighted by atomic mass is 10.2. The molecule has 19 heavy (non-hydrogen) atoms. The second-order valence-electron chi connectivity index (χ2n) is 4.96. The zero-order valence-corrected chi connectivity index (χ0v) is 12.0. The van der Waals surface area contributed by atoms with Crippen LogP contribution >= 0.6 is 0 Å². The molecule has 0 fully saturated rings. The van der Waals surface area contributed by atoms with Gasteiger partial charge in [0.05, 0.1) is 5.69 Å². The van der Waals surface area contributed by atoms with Gasteiger partial charge in [-0.3, -0.25) is 0 Å². The molecule has 6 heteroatoms. The predicted octanol–water partition coefficient (Wildman–Crippen LogP) is 1.47. The van der Waals surface area contributed by atoms with E-state index < -0.39 is 10.0 Å². The predicted molar refractivity (Wildman–Crippen MR) is 77.2 cm³/mol. The fourth-order valence-corrected chi connectivity index (χ4v) is 2.97. The van der Waals surface area contributed by atoms with Gasteiger partial charge in [-0.1, -0.05) is 26.0 Å². The number of nitrogens with zero attached hydrogens (tertiary/aromatic N) is 2. The summed E-state index contributed by atoms with van der Waals surface area (Å²) >= 11 is 0. The van der Waals surface area contributed by atoms with Crippen molar-refractivity contribution in [1.82, 2.24) is 5.32 Å². The summed E-state index contributed by atoms with van der Waals surface area (Å²) in [6.45, 7) is 6.74. The number of nitrogens with one attached hydrogen (secondary N) is 1. The highest BCUT2D eigenvalue weighted by atomic mass is 32.2. The van der Waals surface area contributed by atoms with Crippen molar-refractivity contribution in [3.05, 3.63) is 24.3 Å². The van der Waals surface area contributed by atoms with E-state index in [1.807, 2.05) is 11.0 Å². The summed E-state index contributed by atoms with van der Waals surface area (Å²) in [5.74, 6) is 0.600. The number of sulfonamides is 1. The third kappa shape index (κ3) is 3.33. The van der Waals surface area contributed by atoms with Gasteiger partial charge in [-0.2, -0.15) is 8.42 Å². The molecule has 0 spiro atoms. The summed E-state index contributed by atoms with van der Waals surface area (Å²) in [5, 5.41) is 3.33. The molecule has 0 radical (unpaired) electrons. The number of anilines is 1. The van der Waals surface area contributed by atoms with E-state index in [0.29, 0.717) is 18.2 Å². The second kappa shape index (κ2) is 5.71. The van der Waals surface area contributed by atoms with Crippen molar-refractivity contribution in [1.29, 1.82) is 0 Å². The van der Waals surface area contributed by atoms with Crippen LogP contribution in [0.4, 0.5) is 5.69 Å². The topological polar surface area (TPSA) is 61.8 Å². The molecule has 1 aliphatic heterocycles. The quantitative estimate of drug-likeness (QED) is 0.830. The van der Waals surface area contributed by atoms with Crippen molar-refractivity contribution in [3.8, 4) is 0 Å². The van der Waals surface area contributed by atoms with E-state index in [4.69, 9.17) is 0 Å². The summed E-state index contributed by atoms with van der Waals surface area (Å²) in [5.41, 5.74) is 0.698. The van der Waals surface area contributed by atoms with Crippen LogP contribution in [0.5, 0.6) is 0 Å². The first-order valence-electron chi connectivity index (χ1n) is 6.37. The van der Waals surface area contributed by atoms with E-state index in [-0.39, 0.29) is 4.90 Å². The fraction of sp³-hybridized carbons (Fsp3) is 0.462. The van der Waals surface area contributed by atoms with Crippen molar-refractivity contribution in [3.63, 3.8) is 0 Å². The van der Waals surface area contributed by atoms with Crippen molar-refractivity contribution in [2.75, 3.05) is 24.5 Å². The number of para-hydroxylation sites is 1. The van der Waals surface area contributed by atoms with Crippen molar-refractivity contribution >= 4 is 22.0 Å². The molecule has 0 aromatic heterocycles. The van der Waals surface area contributed by atoms with E-state index in [1.165, 1.54) is 6.34 Å². The van der Waals surface area contributed by atoms with E-state index in [0.717, 1.165) is 13.1 Å². The Labute approximate surface area is 114 Å².